The number of ether oxygens (including phenoxy) is 1. The SMILES string of the molecule is Nc1cc(OC(F)(F)F)ccc1C(F)F. The fraction of sp³-hybridized carbons (Fsp3) is 0.250. The van der Waals surface area contributed by atoms with E-state index in [1.54, 1.807) is 0 Å². The lowest BCUT2D eigenvalue weighted by atomic mass is 10.2. The maximum absolute atomic E-state index is 12.2. The average Bonchev–Trinajstić information content (AvgIpc) is 1.99. The van der Waals surface area contributed by atoms with E-state index in [4.69, 9.17) is 5.73 Å². The Morgan fingerprint density at radius 2 is 1.80 bits per heavy atom. The number of hydrogen-bond acceptors (Lipinski definition) is 2. The second-order valence-corrected chi connectivity index (χ2v) is 2.64. The predicted octanol–water partition coefficient (Wildman–Crippen LogP) is 3.11. The van der Waals surface area contributed by atoms with Gasteiger partial charge in [0.1, 0.15) is 5.75 Å². The normalized spacial score (nSPS) is 11.9. The van der Waals surface area contributed by atoms with E-state index >= 15 is 0 Å². The van der Waals surface area contributed by atoms with Crippen molar-refractivity contribution < 1.29 is 26.7 Å². The minimum absolute atomic E-state index is 0.438. The van der Waals surface area contributed by atoms with E-state index < -0.39 is 29.8 Å². The molecule has 0 aliphatic rings. The Balaban J connectivity index is 2.92. The molecule has 84 valence electrons. The van der Waals surface area contributed by atoms with E-state index in [2.05, 4.69) is 4.74 Å². The predicted molar refractivity (Wildman–Crippen MR) is 42.5 cm³/mol. The maximum Gasteiger partial charge on any atom is 0.573 e. The van der Waals surface area contributed by atoms with Crippen molar-refractivity contribution in [2.75, 3.05) is 5.73 Å². The molecule has 0 atom stereocenters. The summed E-state index contributed by atoms with van der Waals surface area (Å²) in [5.74, 6) is -0.621. The molecule has 0 aliphatic carbocycles. The molecule has 1 aromatic carbocycles. The molecule has 0 amide bonds. The third-order valence-corrected chi connectivity index (χ3v) is 1.53. The molecule has 0 aliphatic heterocycles. The van der Waals surface area contributed by atoms with E-state index in [1.807, 2.05) is 0 Å². The molecule has 0 bridgehead atoms. The van der Waals surface area contributed by atoms with Gasteiger partial charge in [0.2, 0.25) is 0 Å². The van der Waals surface area contributed by atoms with Crippen LogP contribution in [0.3, 0.4) is 0 Å². The van der Waals surface area contributed by atoms with E-state index in [-0.39, 0.29) is 0 Å². The van der Waals surface area contributed by atoms with Gasteiger partial charge in [-0.05, 0) is 12.1 Å². The minimum atomic E-state index is -4.86. The van der Waals surface area contributed by atoms with Crippen molar-refractivity contribution in [1.29, 1.82) is 0 Å². The van der Waals surface area contributed by atoms with Crippen LogP contribution < -0.4 is 10.5 Å². The monoisotopic (exact) mass is 227 g/mol. The van der Waals surface area contributed by atoms with Gasteiger partial charge in [-0.2, -0.15) is 0 Å². The summed E-state index contributed by atoms with van der Waals surface area (Å²) >= 11 is 0. The van der Waals surface area contributed by atoms with Crippen LogP contribution in [0.5, 0.6) is 5.75 Å². The molecule has 2 nitrogen and oxygen atoms in total. The van der Waals surface area contributed by atoms with Gasteiger partial charge in [0.05, 0.1) is 0 Å². The van der Waals surface area contributed by atoms with Crippen LogP contribution in [0.15, 0.2) is 18.2 Å². The Morgan fingerprint density at radius 3 is 2.20 bits per heavy atom. The molecule has 1 aromatic rings. The number of nitrogen functional groups attached to an aromatic ring is 1. The van der Waals surface area contributed by atoms with Crippen molar-refractivity contribution in [3.8, 4) is 5.75 Å². The fourth-order valence-electron chi connectivity index (χ4n) is 0.949. The van der Waals surface area contributed by atoms with Crippen LogP contribution in [0.25, 0.3) is 0 Å². The van der Waals surface area contributed by atoms with Gasteiger partial charge in [0.15, 0.2) is 0 Å². The van der Waals surface area contributed by atoms with Crippen molar-refractivity contribution in [2.24, 2.45) is 0 Å². The highest BCUT2D eigenvalue weighted by Crippen LogP contribution is 2.30. The highest BCUT2D eigenvalue weighted by atomic mass is 19.4. The van der Waals surface area contributed by atoms with E-state index in [9.17, 15) is 22.0 Å². The van der Waals surface area contributed by atoms with Crippen LogP contribution in [0.2, 0.25) is 0 Å². The zero-order valence-electron chi connectivity index (χ0n) is 7.18. The zero-order chi connectivity index (χ0) is 11.6. The molecule has 0 saturated heterocycles. The summed E-state index contributed by atoms with van der Waals surface area (Å²) in [4.78, 5) is 0. The van der Waals surface area contributed by atoms with Gasteiger partial charge < -0.3 is 10.5 Å². The minimum Gasteiger partial charge on any atom is -0.406 e. The second kappa shape index (κ2) is 3.92. The average molecular weight is 227 g/mol. The van der Waals surface area contributed by atoms with Gasteiger partial charge in [-0.15, -0.1) is 13.2 Å². The first-order chi connectivity index (χ1) is 6.79. The number of rotatable bonds is 2. The fourth-order valence-corrected chi connectivity index (χ4v) is 0.949. The van der Waals surface area contributed by atoms with Gasteiger partial charge >= 0.3 is 6.36 Å². The van der Waals surface area contributed by atoms with Crippen LogP contribution in [0.1, 0.15) is 12.0 Å². The standard InChI is InChI=1S/C8H6F5NO/c9-7(10)5-2-1-4(3-6(5)14)15-8(11,12)13/h1-3,7H,14H2. The first-order valence-corrected chi connectivity index (χ1v) is 3.73. The van der Waals surface area contributed by atoms with Crippen molar-refractivity contribution in [3.05, 3.63) is 23.8 Å². The van der Waals surface area contributed by atoms with Crippen LogP contribution in [-0.2, 0) is 0 Å². The van der Waals surface area contributed by atoms with Crippen molar-refractivity contribution in [1.82, 2.24) is 0 Å². The molecule has 1 rings (SSSR count). The Kier molecular flexibility index (Phi) is 3.01. The number of benzene rings is 1. The molecule has 0 radical (unpaired) electrons. The zero-order valence-corrected chi connectivity index (χ0v) is 7.18. The summed E-state index contributed by atoms with van der Waals surface area (Å²) in [6, 6.07) is 2.28. The van der Waals surface area contributed by atoms with Crippen molar-refractivity contribution >= 4 is 5.69 Å². The molecular formula is C8H6F5NO. The molecule has 2 N–H and O–H groups in total. The van der Waals surface area contributed by atoms with Crippen LogP contribution in [-0.4, -0.2) is 6.36 Å². The van der Waals surface area contributed by atoms with Crippen molar-refractivity contribution in [3.63, 3.8) is 0 Å². The third kappa shape index (κ3) is 3.26. The van der Waals surface area contributed by atoms with Crippen molar-refractivity contribution in [2.45, 2.75) is 12.8 Å². The highest BCUT2D eigenvalue weighted by Gasteiger charge is 2.31. The molecule has 15 heavy (non-hydrogen) atoms. The lowest BCUT2D eigenvalue weighted by molar-refractivity contribution is -0.274. The number of nitrogens with two attached hydrogens (primary N) is 1. The Labute approximate surface area is 81.4 Å². The third-order valence-electron chi connectivity index (χ3n) is 1.53. The van der Waals surface area contributed by atoms with E-state index in [1.165, 1.54) is 0 Å². The summed E-state index contributed by atoms with van der Waals surface area (Å²) < 4.78 is 63.0. The number of anilines is 1. The second-order valence-electron chi connectivity index (χ2n) is 2.64. The molecular weight excluding hydrogens is 221 g/mol. The van der Waals surface area contributed by atoms with Gasteiger partial charge in [0, 0.05) is 17.3 Å². The van der Waals surface area contributed by atoms with Crippen LogP contribution in [0.4, 0.5) is 27.6 Å². The molecule has 0 unspecified atom stereocenters. The Bertz CT molecular complexity index is 349. The molecule has 0 aromatic heterocycles. The van der Waals surface area contributed by atoms with Crippen LogP contribution in [0, 0.1) is 0 Å². The highest BCUT2D eigenvalue weighted by molar-refractivity contribution is 5.51. The van der Waals surface area contributed by atoms with E-state index in [0.717, 1.165) is 12.1 Å². The van der Waals surface area contributed by atoms with Gasteiger partial charge in [-0.1, -0.05) is 0 Å². The van der Waals surface area contributed by atoms with Gasteiger partial charge in [-0.25, -0.2) is 8.78 Å². The summed E-state index contributed by atoms with van der Waals surface area (Å²) in [6.45, 7) is 0. The molecule has 0 fully saturated rings. The topological polar surface area (TPSA) is 35.2 Å². The largest absolute Gasteiger partial charge is 0.573 e. The van der Waals surface area contributed by atoms with Crippen LogP contribution >= 0.6 is 0 Å². The lowest BCUT2D eigenvalue weighted by Gasteiger charge is -2.10. The smallest absolute Gasteiger partial charge is 0.406 e. The maximum atomic E-state index is 12.2. The molecule has 0 saturated carbocycles. The summed E-state index contributed by atoms with van der Waals surface area (Å²) in [5, 5.41) is 0. The summed E-state index contributed by atoms with van der Waals surface area (Å²) in [7, 11) is 0. The quantitative estimate of drug-likeness (QED) is 0.622. The number of halogens is 5. The molecule has 0 heterocycles. The summed E-state index contributed by atoms with van der Waals surface area (Å²) in [6.07, 6.45) is -7.69. The molecule has 7 heteroatoms. The van der Waals surface area contributed by atoms with E-state index in [0.29, 0.717) is 6.07 Å². The Hall–Kier alpha value is -1.53. The number of hydrogen-bond donors (Lipinski definition) is 1. The first-order valence-electron chi connectivity index (χ1n) is 3.73. The van der Waals surface area contributed by atoms with Gasteiger partial charge in [0.25, 0.3) is 6.43 Å². The van der Waals surface area contributed by atoms with Gasteiger partial charge in [-0.3, -0.25) is 0 Å². The Morgan fingerprint density at radius 1 is 1.20 bits per heavy atom. The molecule has 0 spiro atoms. The number of alkyl halides is 5. The summed E-state index contributed by atoms with van der Waals surface area (Å²) in [5.41, 5.74) is 4.15. The lowest BCUT2D eigenvalue weighted by Crippen LogP contribution is -2.17. The first kappa shape index (κ1) is 11.5.